The lowest BCUT2D eigenvalue weighted by Crippen LogP contribution is -2.32. The molecule has 0 spiro atoms. The van der Waals surface area contributed by atoms with Crippen LogP contribution in [-0.2, 0) is 22.6 Å². The molecule has 0 N–H and O–H groups in total. The van der Waals surface area contributed by atoms with Crippen molar-refractivity contribution in [3.8, 4) is 0 Å². The number of carbonyl (C=O) groups is 1. The Morgan fingerprint density at radius 3 is 2.61 bits per heavy atom. The smallest absolute Gasteiger partial charge is 0.222 e. The Labute approximate surface area is 168 Å². The highest BCUT2D eigenvalue weighted by atomic mass is 19.1. The molecule has 0 saturated heterocycles. The Bertz CT molecular complexity index is 697. The van der Waals surface area contributed by atoms with E-state index >= 15 is 0 Å². The summed E-state index contributed by atoms with van der Waals surface area (Å²) in [6, 6.07) is 10.6. The van der Waals surface area contributed by atoms with E-state index in [2.05, 4.69) is 17.6 Å². The van der Waals surface area contributed by atoms with E-state index in [-0.39, 0.29) is 11.7 Å². The molecule has 1 aromatic heterocycles. The summed E-state index contributed by atoms with van der Waals surface area (Å²) in [5.74, 6) is -0.0174. The van der Waals surface area contributed by atoms with E-state index in [9.17, 15) is 9.18 Å². The van der Waals surface area contributed by atoms with E-state index in [0.29, 0.717) is 32.7 Å². The lowest BCUT2D eigenvalue weighted by atomic mass is 10.1. The van der Waals surface area contributed by atoms with Crippen LogP contribution in [0.2, 0.25) is 0 Å². The number of unbranched alkanes of at least 4 members (excludes halogenated alkanes) is 3. The van der Waals surface area contributed by atoms with E-state index in [1.165, 1.54) is 25.0 Å². The third kappa shape index (κ3) is 7.47. The van der Waals surface area contributed by atoms with Gasteiger partial charge < -0.3 is 14.2 Å². The van der Waals surface area contributed by atoms with Crippen LogP contribution in [0.25, 0.3) is 0 Å². The number of amides is 1. The minimum Gasteiger partial charge on any atom is -0.385 e. The maximum Gasteiger partial charge on any atom is 0.222 e. The fourth-order valence-corrected chi connectivity index (χ4v) is 3.28. The van der Waals surface area contributed by atoms with E-state index in [1.807, 2.05) is 17.2 Å². The largest absolute Gasteiger partial charge is 0.385 e. The number of hydrogen-bond acceptors (Lipinski definition) is 2. The number of nitrogens with zero attached hydrogens (tertiary/aromatic N) is 2. The highest BCUT2D eigenvalue weighted by molar-refractivity contribution is 5.76. The molecule has 2 aromatic rings. The van der Waals surface area contributed by atoms with E-state index in [4.69, 9.17) is 4.74 Å². The average molecular weight is 389 g/mol. The topological polar surface area (TPSA) is 34.5 Å². The second-order valence-corrected chi connectivity index (χ2v) is 7.23. The van der Waals surface area contributed by atoms with Crippen LogP contribution in [0.5, 0.6) is 0 Å². The molecular formula is C23H33FN2O2. The molecule has 0 atom stereocenters. The fraction of sp³-hybridized carbons (Fsp3) is 0.522. The summed E-state index contributed by atoms with van der Waals surface area (Å²) in [6.07, 6.45) is 7.85. The zero-order chi connectivity index (χ0) is 20.2. The third-order valence-electron chi connectivity index (χ3n) is 4.92. The van der Waals surface area contributed by atoms with Crippen molar-refractivity contribution in [2.75, 3.05) is 20.3 Å². The quantitative estimate of drug-likeness (QED) is 0.452. The SMILES string of the molecule is CCCCCCC(=O)N(CCCOC)Cc1cccn1Cc1ccc(F)cc1. The Kier molecular flexibility index (Phi) is 9.77. The zero-order valence-corrected chi connectivity index (χ0v) is 17.2. The predicted octanol–water partition coefficient (Wildman–Crippen LogP) is 5.01. The van der Waals surface area contributed by atoms with Gasteiger partial charge in [0.05, 0.1) is 6.54 Å². The number of benzene rings is 1. The van der Waals surface area contributed by atoms with Gasteiger partial charge in [-0.25, -0.2) is 4.39 Å². The number of rotatable bonds is 13. The molecule has 0 aliphatic carbocycles. The van der Waals surface area contributed by atoms with Gasteiger partial charge in [0, 0.05) is 45.1 Å². The van der Waals surface area contributed by atoms with Crippen LogP contribution < -0.4 is 0 Å². The Morgan fingerprint density at radius 2 is 1.89 bits per heavy atom. The molecule has 0 fully saturated rings. The van der Waals surface area contributed by atoms with Crippen molar-refractivity contribution in [2.45, 2.75) is 58.5 Å². The van der Waals surface area contributed by atoms with Crippen molar-refractivity contribution < 1.29 is 13.9 Å². The fourth-order valence-electron chi connectivity index (χ4n) is 3.28. The Balaban J connectivity index is 2.01. The first-order valence-corrected chi connectivity index (χ1v) is 10.3. The second-order valence-electron chi connectivity index (χ2n) is 7.23. The summed E-state index contributed by atoms with van der Waals surface area (Å²) in [7, 11) is 1.69. The van der Waals surface area contributed by atoms with Gasteiger partial charge in [-0.15, -0.1) is 0 Å². The first-order chi connectivity index (χ1) is 13.6. The minimum absolute atomic E-state index is 0.210. The van der Waals surface area contributed by atoms with Gasteiger partial charge in [-0.1, -0.05) is 38.3 Å². The van der Waals surface area contributed by atoms with Crippen LogP contribution in [0.3, 0.4) is 0 Å². The molecule has 1 heterocycles. The molecule has 0 saturated carbocycles. The molecule has 5 heteroatoms. The van der Waals surface area contributed by atoms with Gasteiger partial charge in [0.2, 0.25) is 5.91 Å². The van der Waals surface area contributed by atoms with Crippen molar-refractivity contribution in [2.24, 2.45) is 0 Å². The van der Waals surface area contributed by atoms with Gasteiger partial charge in [0.1, 0.15) is 5.82 Å². The number of ether oxygens (including phenoxy) is 1. The third-order valence-corrected chi connectivity index (χ3v) is 4.92. The summed E-state index contributed by atoms with van der Waals surface area (Å²) < 4.78 is 20.4. The maximum absolute atomic E-state index is 13.1. The zero-order valence-electron chi connectivity index (χ0n) is 17.2. The van der Waals surface area contributed by atoms with Crippen molar-refractivity contribution in [1.82, 2.24) is 9.47 Å². The monoisotopic (exact) mass is 388 g/mol. The second kappa shape index (κ2) is 12.3. The highest BCUT2D eigenvalue weighted by Gasteiger charge is 2.15. The first kappa shape index (κ1) is 22.2. The summed E-state index contributed by atoms with van der Waals surface area (Å²) in [5, 5.41) is 0. The van der Waals surface area contributed by atoms with E-state index in [0.717, 1.165) is 30.5 Å². The van der Waals surface area contributed by atoms with Crippen LogP contribution in [0, 0.1) is 5.82 Å². The lowest BCUT2D eigenvalue weighted by Gasteiger charge is -2.24. The molecular weight excluding hydrogens is 355 g/mol. The summed E-state index contributed by atoms with van der Waals surface area (Å²) in [5.41, 5.74) is 2.12. The Hall–Kier alpha value is -2.14. The van der Waals surface area contributed by atoms with Crippen LogP contribution in [0.4, 0.5) is 4.39 Å². The van der Waals surface area contributed by atoms with E-state index < -0.39 is 0 Å². The van der Waals surface area contributed by atoms with Crippen molar-refractivity contribution in [3.05, 3.63) is 59.7 Å². The molecule has 154 valence electrons. The number of hydrogen-bond donors (Lipinski definition) is 0. The molecule has 0 aliphatic heterocycles. The number of aromatic nitrogens is 1. The average Bonchev–Trinajstić information content (AvgIpc) is 3.13. The lowest BCUT2D eigenvalue weighted by molar-refractivity contribution is -0.132. The van der Waals surface area contributed by atoms with Crippen LogP contribution in [-0.4, -0.2) is 35.6 Å². The molecule has 1 aromatic carbocycles. The molecule has 2 rings (SSSR count). The molecule has 0 unspecified atom stereocenters. The van der Waals surface area contributed by atoms with Gasteiger partial charge >= 0.3 is 0 Å². The predicted molar refractivity (Wildman–Crippen MR) is 111 cm³/mol. The maximum atomic E-state index is 13.1. The van der Waals surface area contributed by atoms with Crippen molar-refractivity contribution >= 4 is 5.91 Å². The summed E-state index contributed by atoms with van der Waals surface area (Å²) in [6.45, 7) is 4.77. The van der Waals surface area contributed by atoms with Crippen LogP contribution in [0.15, 0.2) is 42.6 Å². The molecule has 1 amide bonds. The summed E-state index contributed by atoms with van der Waals surface area (Å²) >= 11 is 0. The standard InChI is InChI=1S/C23H33FN2O2/c1-3-4-5-6-10-23(27)26(16-8-17-28-2)19-22-9-7-15-25(22)18-20-11-13-21(24)14-12-20/h7,9,11-15H,3-6,8,10,16-19H2,1-2H3. The molecule has 4 nitrogen and oxygen atoms in total. The van der Waals surface area contributed by atoms with Crippen LogP contribution >= 0.6 is 0 Å². The molecule has 0 bridgehead atoms. The van der Waals surface area contributed by atoms with Gasteiger partial charge in [-0.05, 0) is 42.7 Å². The van der Waals surface area contributed by atoms with Crippen molar-refractivity contribution in [3.63, 3.8) is 0 Å². The van der Waals surface area contributed by atoms with E-state index in [1.54, 1.807) is 19.2 Å². The Morgan fingerprint density at radius 1 is 1.11 bits per heavy atom. The number of halogens is 1. The van der Waals surface area contributed by atoms with Gasteiger partial charge in [-0.3, -0.25) is 4.79 Å². The molecule has 0 radical (unpaired) electrons. The molecule has 0 aliphatic rings. The van der Waals surface area contributed by atoms with Gasteiger partial charge in [0.15, 0.2) is 0 Å². The van der Waals surface area contributed by atoms with Gasteiger partial charge in [-0.2, -0.15) is 0 Å². The number of methoxy groups -OCH3 is 1. The molecule has 28 heavy (non-hydrogen) atoms. The van der Waals surface area contributed by atoms with Crippen molar-refractivity contribution in [1.29, 1.82) is 0 Å². The first-order valence-electron chi connectivity index (χ1n) is 10.3. The highest BCUT2D eigenvalue weighted by Crippen LogP contribution is 2.14. The normalized spacial score (nSPS) is 11.0. The summed E-state index contributed by atoms with van der Waals surface area (Å²) in [4.78, 5) is 14.7. The minimum atomic E-state index is -0.227. The van der Waals surface area contributed by atoms with Crippen LogP contribution in [0.1, 0.15) is 56.7 Å². The number of carbonyl (C=O) groups excluding carboxylic acids is 1. The van der Waals surface area contributed by atoms with Gasteiger partial charge in [0.25, 0.3) is 0 Å².